The summed E-state index contributed by atoms with van der Waals surface area (Å²) < 4.78 is 27.6. The Morgan fingerprint density at radius 3 is 2.71 bits per heavy atom. The lowest BCUT2D eigenvalue weighted by Gasteiger charge is -2.13. The molecule has 0 radical (unpaired) electrons. The fourth-order valence-electron chi connectivity index (χ4n) is 1.85. The van der Waals surface area contributed by atoms with Crippen molar-refractivity contribution in [2.45, 2.75) is 31.1 Å². The predicted molar refractivity (Wildman–Crippen MR) is 77.2 cm³/mol. The molecule has 2 rings (SSSR count). The molecule has 0 amide bonds. The largest absolute Gasteiger partial charge is 0.344 e. The van der Waals surface area contributed by atoms with Crippen molar-refractivity contribution < 1.29 is 8.78 Å². The summed E-state index contributed by atoms with van der Waals surface area (Å²) in [5, 5.41) is 6.84. The van der Waals surface area contributed by atoms with Crippen molar-refractivity contribution in [3.63, 3.8) is 0 Å². The summed E-state index contributed by atoms with van der Waals surface area (Å²) in [5.74, 6) is -1.44. The van der Waals surface area contributed by atoms with Crippen LogP contribution in [-0.4, -0.2) is 20.5 Å². The first-order valence-corrected chi connectivity index (χ1v) is 7.39. The van der Waals surface area contributed by atoms with Gasteiger partial charge in [-0.3, -0.25) is 4.57 Å². The summed E-state index contributed by atoms with van der Waals surface area (Å²) in [6.45, 7) is 3.74. The minimum Gasteiger partial charge on any atom is -0.323 e. The quantitative estimate of drug-likeness (QED) is 0.830. The van der Waals surface area contributed by atoms with E-state index in [9.17, 15) is 13.6 Å². The summed E-state index contributed by atoms with van der Waals surface area (Å²) in [7, 11) is 0. The summed E-state index contributed by atoms with van der Waals surface area (Å²) in [6, 6.07) is 3.06. The number of hydrogen-bond acceptors (Lipinski definition) is 4. The van der Waals surface area contributed by atoms with Gasteiger partial charge in [-0.15, -0.1) is 5.10 Å². The number of aromatic nitrogens is 3. The van der Waals surface area contributed by atoms with E-state index < -0.39 is 17.7 Å². The average molecular weight is 314 g/mol. The van der Waals surface area contributed by atoms with Gasteiger partial charge in [0.05, 0.1) is 0 Å². The van der Waals surface area contributed by atoms with Gasteiger partial charge in [0.2, 0.25) is 0 Å². The van der Waals surface area contributed by atoms with Gasteiger partial charge >= 0.3 is 5.69 Å². The number of hydrogen-bond donors (Lipinski definition) is 2. The van der Waals surface area contributed by atoms with Crippen LogP contribution in [0.1, 0.15) is 31.5 Å². The highest BCUT2D eigenvalue weighted by atomic mass is 32.2. The lowest BCUT2D eigenvalue weighted by Crippen LogP contribution is -2.20. The first kappa shape index (κ1) is 15.7. The predicted octanol–water partition coefficient (Wildman–Crippen LogP) is 2.22. The van der Waals surface area contributed by atoms with E-state index in [1.165, 1.54) is 22.4 Å². The molecule has 1 heterocycles. The van der Waals surface area contributed by atoms with E-state index in [2.05, 4.69) is 10.2 Å². The fourth-order valence-corrected chi connectivity index (χ4v) is 2.92. The molecule has 1 unspecified atom stereocenters. The van der Waals surface area contributed by atoms with Gasteiger partial charge in [-0.1, -0.05) is 17.8 Å². The molecule has 1 aromatic heterocycles. The number of H-pyrrole nitrogens is 1. The highest BCUT2D eigenvalue weighted by molar-refractivity contribution is 7.99. The fraction of sp³-hybridized carbons (Fsp3) is 0.385. The molecular formula is C13H16F2N4OS. The van der Waals surface area contributed by atoms with E-state index in [1.807, 2.05) is 13.8 Å². The number of rotatable bonds is 5. The van der Waals surface area contributed by atoms with Crippen LogP contribution < -0.4 is 11.4 Å². The van der Waals surface area contributed by atoms with Gasteiger partial charge in [0, 0.05) is 17.8 Å². The molecular weight excluding hydrogens is 298 g/mol. The average Bonchev–Trinajstić information content (AvgIpc) is 2.80. The monoisotopic (exact) mass is 314 g/mol. The van der Waals surface area contributed by atoms with Gasteiger partial charge in [-0.25, -0.2) is 18.7 Å². The highest BCUT2D eigenvalue weighted by Crippen LogP contribution is 2.23. The Labute approximate surface area is 124 Å². The van der Waals surface area contributed by atoms with Crippen LogP contribution in [0.15, 0.2) is 28.2 Å². The van der Waals surface area contributed by atoms with Crippen molar-refractivity contribution in [3.8, 4) is 0 Å². The molecule has 0 aliphatic carbocycles. The number of benzene rings is 1. The van der Waals surface area contributed by atoms with Crippen LogP contribution in [0.5, 0.6) is 0 Å². The SMILES string of the molecule is CC(C)n1c(SCC(N)c2ccc(F)c(F)c2)n[nH]c1=O. The Hall–Kier alpha value is -1.67. The number of nitrogens with two attached hydrogens (primary N) is 1. The first-order valence-electron chi connectivity index (χ1n) is 6.40. The standard InChI is InChI=1S/C13H16F2N4OS/c1-7(2)19-12(20)17-18-13(19)21-6-11(16)8-3-4-9(14)10(15)5-8/h3-5,7,11H,6,16H2,1-2H3,(H,17,20). The van der Waals surface area contributed by atoms with Crippen LogP contribution in [0.2, 0.25) is 0 Å². The molecule has 0 spiro atoms. The third-order valence-corrected chi connectivity index (χ3v) is 4.02. The van der Waals surface area contributed by atoms with Gasteiger partial charge in [0.15, 0.2) is 16.8 Å². The van der Waals surface area contributed by atoms with E-state index in [1.54, 1.807) is 0 Å². The summed E-state index contributed by atoms with van der Waals surface area (Å²) >= 11 is 1.29. The van der Waals surface area contributed by atoms with Crippen LogP contribution >= 0.6 is 11.8 Å². The van der Waals surface area contributed by atoms with E-state index in [-0.39, 0.29) is 11.7 Å². The van der Waals surface area contributed by atoms with Crippen molar-refractivity contribution in [1.82, 2.24) is 14.8 Å². The van der Waals surface area contributed by atoms with Gasteiger partial charge in [-0.05, 0) is 31.5 Å². The van der Waals surface area contributed by atoms with Gasteiger partial charge in [0.1, 0.15) is 0 Å². The third-order valence-electron chi connectivity index (χ3n) is 2.95. The van der Waals surface area contributed by atoms with E-state index >= 15 is 0 Å². The zero-order chi connectivity index (χ0) is 15.6. The van der Waals surface area contributed by atoms with Crippen molar-refractivity contribution in [2.24, 2.45) is 5.73 Å². The molecule has 0 saturated carbocycles. The van der Waals surface area contributed by atoms with Crippen molar-refractivity contribution in [2.75, 3.05) is 5.75 Å². The second-order valence-corrected chi connectivity index (χ2v) is 5.85. The molecule has 21 heavy (non-hydrogen) atoms. The normalized spacial score (nSPS) is 12.9. The Kier molecular flexibility index (Phi) is 4.79. The minimum atomic E-state index is -0.924. The minimum absolute atomic E-state index is 0.0294. The maximum Gasteiger partial charge on any atom is 0.344 e. The van der Waals surface area contributed by atoms with Crippen LogP contribution in [0.3, 0.4) is 0 Å². The van der Waals surface area contributed by atoms with E-state index in [4.69, 9.17) is 5.73 Å². The zero-order valence-corrected chi connectivity index (χ0v) is 12.5. The zero-order valence-electron chi connectivity index (χ0n) is 11.6. The molecule has 1 aromatic carbocycles. The molecule has 0 saturated heterocycles. The number of nitrogens with one attached hydrogen (secondary N) is 1. The summed E-state index contributed by atoms with van der Waals surface area (Å²) in [6.07, 6.45) is 0. The summed E-state index contributed by atoms with van der Waals surface area (Å²) in [5.41, 5.74) is 6.17. The van der Waals surface area contributed by atoms with E-state index in [0.29, 0.717) is 16.5 Å². The Bertz CT molecular complexity index is 683. The van der Waals surface area contributed by atoms with Crippen LogP contribution in [-0.2, 0) is 0 Å². The molecule has 2 aromatic rings. The molecule has 0 bridgehead atoms. The Balaban J connectivity index is 2.09. The number of nitrogens with zero attached hydrogens (tertiary/aromatic N) is 2. The second-order valence-electron chi connectivity index (χ2n) is 4.87. The van der Waals surface area contributed by atoms with E-state index in [0.717, 1.165) is 12.1 Å². The Morgan fingerprint density at radius 1 is 1.38 bits per heavy atom. The molecule has 1 atom stereocenters. The third kappa shape index (κ3) is 3.51. The second kappa shape index (κ2) is 6.40. The maximum atomic E-state index is 13.2. The number of halogens is 2. The van der Waals surface area contributed by atoms with Crippen molar-refractivity contribution in [1.29, 1.82) is 0 Å². The van der Waals surface area contributed by atoms with Gasteiger partial charge in [0.25, 0.3) is 0 Å². The van der Waals surface area contributed by atoms with Crippen molar-refractivity contribution in [3.05, 3.63) is 45.9 Å². The van der Waals surface area contributed by atoms with Crippen LogP contribution in [0.4, 0.5) is 8.78 Å². The van der Waals surface area contributed by atoms with Crippen molar-refractivity contribution >= 4 is 11.8 Å². The number of thioether (sulfide) groups is 1. The van der Waals surface area contributed by atoms with Gasteiger partial charge in [-0.2, -0.15) is 0 Å². The van der Waals surface area contributed by atoms with Crippen LogP contribution in [0, 0.1) is 11.6 Å². The maximum absolute atomic E-state index is 13.2. The lowest BCUT2D eigenvalue weighted by molar-refractivity contribution is 0.506. The topological polar surface area (TPSA) is 76.7 Å². The summed E-state index contributed by atoms with van der Waals surface area (Å²) in [4.78, 5) is 11.6. The molecule has 8 heteroatoms. The van der Waals surface area contributed by atoms with Gasteiger partial charge < -0.3 is 5.73 Å². The first-order chi connectivity index (χ1) is 9.90. The number of aromatic amines is 1. The molecule has 5 nitrogen and oxygen atoms in total. The highest BCUT2D eigenvalue weighted by Gasteiger charge is 2.15. The van der Waals surface area contributed by atoms with Crippen LogP contribution in [0.25, 0.3) is 0 Å². The lowest BCUT2D eigenvalue weighted by atomic mass is 10.1. The Morgan fingerprint density at radius 2 is 2.10 bits per heavy atom. The molecule has 0 aliphatic rings. The molecule has 3 N–H and O–H groups in total. The molecule has 114 valence electrons. The molecule has 0 fully saturated rings. The molecule has 0 aliphatic heterocycles. The smallest absolute Gasteiger partial charge is 0.323 e.